The number of ether oxygens (including phenoxy) is 3. The Morgan fingerprint density at radius 2 is 1.81 bits per heavy atom. The van der Waals surface area contributed by atoms with Gasteiger partial charge >= 0.3 is 5.97 Å². The van der Waals surface area contributed by atoms with Crippen molar-refractivity contribution in [1.82, 2.24) is 0 Å². The van der Waals surface area contributed by atoms with Gasteiger partial charge in [0.25, 0.3) is 0 Å². The maximum absolute atomic E-state index is 11.1. The first-order valence-corrected chi connectivity index (χ1v) is 5.09. The molecule has 0 N–H and O–H groups in total. The number of hydrogen-bond donors (Lipinski definition) is 0. The van der Waals surface area contributed by atoms with Gasteiger partial charge < -0.3 is 14.2 Å². The van der Waals surface area contributed by atoms with Crippen molar-refractivity contribution in [1.29, 1.82) is 0 Å². The molecule has 0 aliphatic carbocycles. The molecule has 0 spiro atoms. The maximum Gasteiger partial charge on any atom is 0.333 e. The zero-order valence-corrected chi connectivity index (χ0v) is 10.5. The van der Waals surface area contributed by atoms with Gasteiger partial charge in [0.05, 0.1) is 26.4 Å². The summed E-state index contributed by atoms with van der Waals surface area (Å²) in [6.45, 7) is 3.83. The van der Waals surface area contributed by atoms with Crippen molar-refractivity contribution in [2.24, 2.45) is 5.92 Å². The van der Waals surface area contributed by atoms with E-state index in [1.807, 2.05) is 26.0 Å². The highest BCUT2D eigenvalue weighted by Gasteiger charge is 2.20. The fraction of sp³-hybridized carbons (Fsp3) is 0.583. The van der Waals surface area contributed by atoms with Crippen molar-refractivity contribution in [2.45, 2.75) is 20.0 Å². The zero-order chi connectivity index (χ0) is 12.6. The lowest BCUT2D eigenvalue weighted by Crippen LogP contribution is -2.21. The molecule has 4 nitrogen and oxygen atoms in total. The standard InChI is InChI=1S/C12H20O4/c1-6-7-10(14-3)9(2)11(15-4)8-12(13)16-5/h6-10H,1-5H3/b7-6+,11-8-. The molecule has 2 atom stereocenters. The van der Waals surface area contributed by atoms with Gasteiger partial charge in [0.2, 0.25) is 0 Å². The number of esters is 1. The number of carbonyl (C=O) groups is 1. The molecule has 0 heterocycles. The van der Waals surface area contributed by atoms with Crippen LogP contribution in [-0.2, 0) is 19.0 Å². The third-order valence-electron chi connectivity index (χ3n) is 2.29. The first kappa shape index (κ1) is 14.7. The van der Waals surface area contributed by atoms with Gasteiger partial charge in [-0.3, -0.25) is 0 Å². The van der Waals surface area contributed by atoms with Crippen LogP contribution in [0.4, 0.5) is 0 Å². The quantitative estimate of drug-likeness (QED) is 0.301. The predicted octanol–water partition coefficient (Wildman–Crippen LogP) is 1.92. The zero-order valence-electron chi connectivity index (χ0n) is 10.5. The molecule has 0 aromatic carbocycles. The van der Waals surface area contributed by atoms with Crippen LogP contribution < -0.4 is 0 Å². The van der Waals surface area contributed by atoms with Crippen LogP contribution in [0.2, 0.25) is 0 Å². The Balaban J connectivity index is 4.81. The summed E-state index contributed by atoms with van der Waals surface area (Å²) in [6, 6.07) is 0. The van der Waals surface area contributed by atoms with Gasteiger partial charge in [0, 0.05) is 13.0 Å². The molecule has 0 rings (SSSR count). The number of carbonyl (C=O) groups excluding carboxylic acids is 1. The van der Waals surface area contributed by atoms with Gasteiger partial charge in [-0.05, 0) is 6.92 Å². The minimum absolute atomic E-state index is 0.0506. The van der Waals surface area contributed by atoms with Crippen LogP contribution >= 0.6 is 0 Å². The molecular formula is C12H20O4. The summed E-state index contributed by atoms with van der Waals surface area (Å²) < 4.78 is 15.0. The molecule has 92 valence electrons. The number of methoxy groups -OCH3 is 3. The molecule has 16 heavy (non-hydrogen) atoms. The first-order valence-electron chi connectivity index (χ1n) is 5.09. The molecule has 0 aromatic rings. The summed E-state index contributed by atoms with van der Waals surface area (Å²) in [6.07, 6.45) is 5.02. The first-order chi connectivity index (χ1) is 7.60. The minimum atomic E-state index is -0.431. The SMILES string of the molecule is C/C=C/C(OC)C(C)/C(=C/C(=O)OC)OC. The molecule has 0 radical (unpaired) electrons. The van der Waals surface area contributed by atoms with E-state index in [-0.39, 0.29) is 12.0 Å². The lowest BCUT2D eigenvalue weighted by molar-refractivity contribution is -0.135. The van der Waals surface area contributed by atoms with Crippen molar-refractivity contribution >= 4 is 5.97 Å². The maximum atomic E-state index is 11.1. The van der Waals surface area contributed by atoms with Crippen molar-refractivity contribution in [3.63, 3.8) is 0 Å². The third-order valence-corrected chi connectivity index (χ3v) is 2.29. The highest BCUT2D eigenvalue weighted by molar-refractivity contribution is 5.82. The van der Waals surface area contributed by atoms with Crippen LogP contribution in [0.3, 0.4) is 0 Å². The van der Waals surface area contributed by atoms with Crippen molar-refractivity contribution in [3.8, 4) is 0 Å². The molecule has 0 fully saturated rings. The molecule has 0 aromatic heterocycles. The Hall–Kier alpha value is -1.29. The molecule has 0 aliphatic rings. The second-order valence-electron chi connectivity index (χ2n) is 3.29. The normalized spacial score (nSPS) is 15.9. The smallest absolute Gasteiger partial charge is 0.333 e. The van der Waals surface area contributed by atoms with Crippen LogP contribution in [0.25, 0.3) is 0 Å². The molecule has 0 saturated heterocycles. The average Bonchev–Trinajstić information content (AvgIpc) is 2.31. The van der Waals surface area contributed by atoms with E-state index in [4.69, 9.17) is 9.47 Å². The summed E-state index contributed by atoms with van der Waals surface area (Å²) >= 11 is 0. The van der Waals surface area contributed by atoms with Crippen molar-refractivity contribution in [3.05, 3.63) is 24.0 Å². The second-order valence-corrected chi connectivity index (χ2v) is 3.29. The molecule has 0 amide bonds. The van der Waals surface area contributed by atoms with Crippen LogP contribution in [-0.4, -0.2) is 33.4 Å². The highest BCUT2D eigenvalue weighted by atomic mass is 16.5. The van der Waals surface area contributed by atoms with E-state index in [0.717, 1.165) is 0 Å². The Morgan fingerprint density at radius 3 is 2.19 bits per heavy atom. The van der Waals surface area contributed by atoms with Crippen LogP contribution in [0.5, 0.6) is 0 Å². The van der Waals surface area contributed by atoms with E-state index in [1.54, 1.807) is 7.11 Å². The fourth-order valence-electron chi connectivity index (χ4n) is 1.35. The molecule has 0 bridgehead atoms. The number of rotatable bonds is 6. The fourth-order valence-corrected chi connectivity index (χ4v) is 1.35. The molecule has 0 saturated carbocycles. The van der Waals surface area contributed by atoms with Gasteiger partial charge in [-0.2, -0.15) is 0 Å². The van der Waals surface area contributed by atoms with Crippen molar-refractivity contribution < 1.29 is 19.0 Å². The van der Waals surface area contributed by atoms with E-state index in [0.29, 0.717) is 5.76 Å². The van der Waals surface area contributed by atoms with E-state index in [2.05, 4.69) is 4.74 Å². The third kappa shape index (κ3) is 4.49. The predicted molar refractivity (Wildman–Crippen MR) is 61.9 cm³/mol. The van der Waals surface area contributed by atoms with Crippen molar-refractivity contribution in [2.75, 3.05) is 21.3 Å². The molecule has 0 aliphatic heterocycles. The second kappa shape index (κ2) is 7.93. The summed E-state index contributed by atoms with van der Waals surface area (Å²) in [5.74, 6) is 0.0566. The molecule has 2 unspecified atom stereocenters. The van der Waals surface area contributed by atoms with Gasteiger partial charge in [-0.1, -0.05) is 19.1 Å². The Kier molecular flexibility index (Phi) is 7.29. The lowest BCUT2D eigenvalue weighted by Gasteiger charge is -2.21. The Morgan fingerprint density at radius 1 is 1.19 bits per heavy atom. The molecular weight excluding hydrogens is 208 g/mol. The van der Waals surface area contributed by atoms with Crippen LogP contribution in [0, 0.1) is 5.92 Å². The van der Waals surface area contributed by atoms with Crippen LogP contribution in [0.1, 0.15) is 13.8 Å². The average molecular weight is 228 g/mol. The van der Waals surface area contributed by atoms with Gasteiger partial charge in [0.15, 0.2) is 0 Å². The monoisotopic (exact) mass is 228 g/mol. The summed E-state index contributed by atoms with van der Waals surface area (Å²) in [4.78, 5) is 11.1. The Bertz CT molecular complexity index is 268. The van der Waals surface area contributed by atoms with Gasteiger partial charge in [-0.25, -0.2) is 4.79 Å². The van der Waals surface area contributed by atoms with Crippen LogP contribution in [0.15, 0.2) is 24.0 Å². The molecule has 4 heteroatoms. The Labute approximate surface area is 96.9 Å². The van der Waals surface area contributed by atoms with E-state index >= 15 is 0 Å². The summed E-state index contributed by atoms with van der Waals surface area (Å²) in [7, 11) is 4.47. The van der Waals surface area contributed by atoms with Gasteiger partial charge in [0.1, 0.15) is 5.76 Å². The number of allylic oxidation sites excluding steroid dienone is 1. The largest absolute Gasteiger partial charge is 0.500 e. The number of hydrogen-bond acceptors (Lipinski definition) is 4. The van der Waals surface area contributed by atoms with E-state index in [9.17, 15) is 4.79 Å². The van der Waals surface area contributed by atoms with Gasteiger partial charge in [-0.15, -0.1) is 0 Å². The summed E-state index contributed by atoms with van der Waals surface area (Å²) in [5, 5.41) is 0. The summed E-state index contributed by atoms with van der Waals surface area (Å²) in [5.41, 5.74) is 0. The lowest BCUT2D eigenvalue weighted by atomic mass is 10.0. The topological polar surface area (TPSA) is 44.8 Å². The minimum Gasteiger partial charge on any atom is -0.500 e. The highest BCUT2D eigenvalue weighted by Crippen LogP contribution is 2.19. The van der Waals surface area contributed by atoms with E-state index < -0.39 is 5.97 Å². The van der Waals surface area contributed by atoms with E-state index in [1.165, 1.54) is 20.3 Å².